The quantitative estimate of drug-likeness (QED) is 0.921. The molecule has 1 fully saturated rings. The molecular weight excluding hydrogens is 274 g/mol. The lowest BCUT2D eigenvalue weighted by molar-refractivity contribution is 0.238. The number of nitrogens with two attached hydrogens (primary N) is 1. The molecular formula is C18H23N3O. The van der Waals surface area contributed by atoms with Crippen molar-refractivity contribution in [2.24, 2.45) is 0 Å². The zero-order chi connectivity index (χ0) is 15.4. The second-order valence-corrected chi connectivity index (χ2v) is 5.76. The minimum Gasteiger partial charge on any atom is -0.490 e. The number of aromatic nitrogens is 1. The van der Waals surface area contributed by atoms with Crippen LogP contribution in [0.3, 0.4) is 0 Å². The zero-order valence-corrected chi connectivity index (χ0v) is 13.1. The van der Waals surface area contributed by atoms with Gasteiger partial charge >= 0.3 is 0 Å². The normalized spacial score (nSPS) is 15.1. The Hall–Kier alpha value is -2.07. The summed E-state index contributed by atoms with van der Waals surface area (Å²) in [6, 6.07) is 10.1. The second kappa shape index (κ2) is 6.79. The van der Waals surface area contributed by atoms with Crippen molar-refractivity contribution >= 4 is 5.69 Å². The van der Waals surface area contributed by atoms with Crippen molar-refractivity contribution in [1.29, 1.82) is 0 Å². The van der Waals surface area contributed by atoms with E-state index in [0.29, 0.717) is 12.3 Å². The van der Waals surface area contributed by atoms with Crippen LogP contribution in [0.15, 0.2) is 36.5 Å². The van der Waals surface area contributed by atoms with Crippen LogP contribution in [0, 0.1) is 6.92 Å². The number of nitrogen functional groups attached to an aromatic ring is 1. The van der Waals surface area contributed by atoms with Gasteiger partial charge in [0.05, 0.1) is 23.1 Å². The largest absolute Gasteiger partial charge is 0.490 e. The molecule has 0 radical (unpaired) electrons. The summed E-state index contributed by atoms with van der Waals surface area (Å²) in [6.45, 7) is 5.92. The highest BCUT2D eigenvalue weighted by Gasteiger charge is 2.15. The number of anilines is 1. The first-order valence-electron chi connectivity index (χ1n) is 7.91. The van der Waals surface area contributed by atoms with Crippen LogP contribution in [-0.4, -0.2) is 36.1 Å². The third-order valence-corrected chi connectivity index (χ3v) is 4.21. The molecule has 3 rings (SSSR count). The second-order valence-electron chi connectivity index (χ2n) is 5.76. The molecule has 2 heterocycles. The molecule has 2 aromatic rings. The molecule has 0 saturated carbocycles. The molecule has 4 nitrogen and oxygen atoms in total. The number of benzene rings is 1. The van der Waals surface area contributed by atoms with Crippen LogP contribution in [0.4, 0.5) is 5.69 Å². The highest BCUT2D eigenvalue weighted by Crippen LogP contribution is 2.36. The predicted molar refractivity (Wildman–Crippen MR) is 90.0 cm³/mol. The maximum Gasteiger partial charge on any atom is 0.147 e. The van der Waals surface area contributed by atoms with E-state index in [1.165, 1.54) is 25.9 Å². The monoisotopic (exact) mass is 297 g/mol. The van der Waals surface area contributed by atoms with Gasteiger partial charge in [0.1, 0.15) is 12.4 Å². The van der Waals surface area contributed by atoms with E-state index in [2.05, 4.69) is 22.0 Å². The van der Waals surface area contributed by atoms with E-state index in [1.807, 2.05) is 25.1 Å². The van der Waals surface area contributed by atoms with Gasteiger partial charge < -0.3 is 10.5 Å². The van der Waals surface area contributed by atoms with Crippen molar-refractivity contribution in [3.63, 3.8) is 0 Å². The third kappa shape index (κ3) is 3.22. The summed E-state index contributed by atoms with van der Waals surface area (Å²) in [7, 11) is 0. The number of ether oxygens (including phenoxy) is 1. The summed E-state index contributed by atoms with van der Waals surface area (Å²) < 4.78 is 6.01. The first-order chi connectivity index (χ1) is 10.8. The molecule has 1 saturated heterocycles. The number of hydrogen-bond acceptors (Lipinski definition) is 4. The van der Waals surface area contributed by atoms with Gasteiger partial charge in [0.2, 0.25) is 0 Å². The van der Waals surface area contributed by atoms with Crippen LogP contribution in [0.1, 0.15) is 18.5 Å². The number of likely N-dealkylation sites (tertiary alicyclic amines) is 1. The highest BCUT2D eigenvalue weighted by atomic mass is 16.5. The lowest BCUT2D eigenvalue weighted by Crippen LogP contribution is -2.25. The minimum absolute atomic E-state index is 0.671. The van der Waals surface area contributed by atoms with Gasteiger partial charge in [-0.3, -0.25) is 9.88 Å². The Morgan fingerprint density at radius 1 is 1.18 bits per heavy atom. The number of hydrogen-bond donors (Lipinski definition) is 1. The summed E-state index contributed by atoms with van der Waals surface area (Å²) in [5, 5.41) is 0. The molecule has 2 N–H and O–H groups in total. The zero-order valence-electron chi connectivity index (χ0n) is 13.1. The molecule has 116 valence electrons. The van der Waals surface area contributed by atoms with Gasteiger partial charge in [-0.15, -0.1) is 0 Å². The Balaban J connectivity index is 1.79. The van der Waals surface area contributed by atoms with E-state index in [9.17, 15) is 0 Å². The Kier molecular flexibility index (Phi) is 4.59. The number of nitrogens with zero attached hydrogens (tertiary/aromatic N) is 2. The molecule has 4 heteroatoms. The summed E-state index contributed by atoms with van der Waals surface area (Å²) in [5.74, 6) is 0.772. The maximum absolute atomic E-state index is 6.26. The lowest BCUT2D eigenvalue weighted by Gasteiger charge is -2.18. The van der Waals surface area contributed by atoms with Gasteiger partial charge in [-0.2, -0.15) is 0 Å². The van der Waals surface area contributed by atoms with Gasteiger partial charge in [-0.1, -0.05) is 30.3 Å². The average molecular weight is 297 g/mol. The number of rotatable bonds is 5. The predicted octanol–water partition coefficient (Wildman–Crippen LogP) is 3.11. The standard InChI is InChI=1S/C18H23N3O/c1-14-18(19)17(15-7-3-2-4-8-15)16(13-20-14)22-12-11-21-9-5-6-10-21/h2-4,7-8,13H,5-6,9-12,19H2,1H3. The van der Waals surface area contributed by atoms with Crippen LogP contribution in [0.2, 0.25) is 0 Å². The van der Waals surface area contributed by atoms with Gasteiger partial charge in [-0.05, 0) is 38.4 Å². The molecule has 1 aliphatic rings. The third-order valence-electron chi connectivity index (χ3n) is 4.21. The van der Waals surface area contributed by atoms with Crippen LogP contribution in [-0.2, 0) is 0 Å². The van der Waals surface area contributed by atoms with Crippen molar-refractivity contribution in [1.82, 2.24) is 9.88 Å². The summed E-state index contributed by atoms with van der Waals surface area (Å²) in [6.07, 6.45) is 4.39. The van der Waals surface area contributed by atoms with Crippen molar-refractivity contribution in [3.05, 3.63) is 42.2 Å². The van der Waals surface area contributed by atoms with Crippen LogP contribution in [0.5, 0.6) is 5.75 Å². The summed E-state index contributed by atoms with van der Waals surface area (Å²) in [5.41, 5.74) is 9.82. The van der Waals surface area contributed by atoms with E-state index < -0.39 is 0 Å². The Morgan fingerprint density at radius 2 is 1.91 bits per heavy atom. The Bertz CT molecular complexity index is 622. The molecule has 0 spiro atoms. The maximum atomic E-state index is 6.26. The molecule has 0 aliphatic carbocycles. The van der Waals surface area contributed by atoms with E-state index in [4.69, 9.17) is 10.5 Å². The van der Waals surface area contributed by atoms with Crippen LogP contribution in [0.25, 0.3) is 11.1 Å². The van der Waals surface area contributed by atoms with Crippen molar-refractivity contribution in [2.45, 2.75) is 19.8 Å². The molecule has 22 heavy (non-hydrogen) atoms. The van der Waals surface area contributed by atoms with E-state index in [0.717, 1.165) is 29.1 Å². The van der Waals surface area contributed by atoms with E-state index in [-0.39, 0.29) is 0 Å². The fourth-order valence-corrected chi connectivity index (χ4v) is 2.91. The van der Waals surface area contributed by atoms with E-state index in [1.54, 1.807) is 6.20 Å². The summed E-state index contributed by atoms with van der Waals surface area (Å²) >= 11 is 0. The topological polar surface area (TPSA) is 51.4 Å². The van der Waals surface area contributed by atoms with Gasteiger partial charge in [0, 0.05) is 6.54 Å². The van der Waals surface area contributed by atoms with Crippen molar-refractivity contribution in [3.8, 4) is 16.9 Å². The molecule has 1 aliphatic heterocycles. The molecule has 0 amide bonds. The molecule has 0 unspecified atom stereocenters. The molecule has 1 aromatic heterocycles. The van der Waals surface area contributed by atoms with Crippen LogP contribution >= 0.6 is 0 Å². The van der Waals surface area contributed by atoms with Gasteiger partial charge in [0.25, 0.3) is 0 Å². The minimum atomic E-state index is 0.671. The fourth-order valence-electron chi connectivity index (χ4n) is 2.91. The molecule has 1 aromatic carbocycles. The first kappa shape index (κ1) is 14.9. The van der Waals surface area contributed by atoms with Crippen molar-refractivity contribution in [2.75, 3.05) is 32.0 Å². The van der Waals surface area contributed by atoms with E-state index >= 15 is 0 Å². The first-order valence-corrected chi connectivity index (χ1v) is 7.91. The van der Waals surface area contributed by atoms with Gasteiger partial charge in [-0.25, -0.2) is 0 Å². The van der Waals surface area contributed by atoms with Crippen molar-refractivity contribution < 1.29 is 4.74 Å². The SMILES string of the molecule is Cc1ncc(OCCN2CCCC2)c(-c2ccccc2)c1N. The fraction of sp³-hybridized carbons (Fsp3) is 0.389. The molecule has 0 atom stereocenters. The number of aryl methyl sites for hydroxylation is 1. The number of pyridine rings is 1. The smallest absolute Gasteiger partial charge is 0.147 e. The average Bonchev–Trinajstić information content (AvgIpc) is 3.05. The molecule has 0 bridgehead atoms. The lowest BCUT2D eigenvalue weighted by atomic mass is 10.0. The highest BCUT2D eigenvalue weighted by molar-refractivity contribution is 5.82. The van der Waals surface area contributed by atoms with Crippen LogP contribution < -0.4 is 10.5 Å². The van der Waals surface area contributed by atoms with Gasteiger partial charge in [0.15, 0.2) is 0 Å². The Labute approximate surface area is 131 Å². The Morgan fingerprint density at radius 3 is 2.64 bits per heavy atom. The summed E-state index contributed by atoms with van der Waals surface area (Å²) in [4.78, 5) is 6.79.